The van der Waals surface area contributed by atoms with Crippen molar-refractivity contribution in [2.24, 2.45) is 0 Å². The molecule has 3 rings (SSSR count). The van der Waals surface area contributed by atoms with Crippen molar-refractivity contribution in [1.82, 2.24) is 4.98 Å². The van der Waals surface area contributed by atoms with Gasteiger partial charge in [0.2, 0.25) is 0 Å². The predicted molar refractivity (Wildman–Crippen MR) is 97.7 cm³/mol. The number of allylic oxidation sites excluding steroid dienone is 2. The summed E-state index contributed by atoms with van der Waals surface area (Å²) in [6.45, 7) is 4.82. The molecular formula is C21H18F2IrNO2-. The number of ketones is 1. The van der Waals surface area contributed by atoms with Crippen LogP contribution in [0.1, 0.15) is 19.4 Å². The molecule has 0 aliphatic rings. The number of halogens is 2. The average molecular weight is 547 g/mol. The summed E-state index contributed by atoms with van der Waals surface area (Å²) in [5, 5.41) is 8.68. The van der Waals surface area contributed by atoms with E-state index in [1.165, 1.54) is 26.0 Å². The van der Waals surface area contributed by atoms with Crippen LogP contribution in [-0.4, -0.2) is 15.9 Å². The largest absolute Gasteiger partial charge is 0.512 e. The summed E-state index contributed by atoms with van der Waals surface area (Å²) in [6, 6.07) is 14.2. The SMILES string of the molecule is CC(=O)/C=C(/C)O.Cc1cc[c-]c(-c2ccc3c(F)cc(F)cc3n2)c1.[Ir]. The number of nitrogens with zero attached hydrogens (tertiary/aromatic N) is 1. The molecule has 3 aromatic rings. The van der Waals surface area contributed by atoms with Gasteiger partial charge in [0, 0.05) is 37.6 Å². The fraction of sp³-hybridized carbons (Fsp3) is 0.143. The molecule has 1 radical (unpaired) electrons. The quantitative estimate of drug-likeness (QED) is 0.269. The van der Waals surface area contributed by atoms with Gasteiger partial charge in [0.05, 0.1) is 11.3 Å². The molecule has 0 atom stereocenters. The van der Waals surface area contributed by atoms with Gasteiger partial charge < -0.3 is 5.11 Å². The Morgan fingerprint density at radius 1 is 1.15 bits per heavy atom. The van der Waals surface area contributed by atoms with Crippen LogP contribution in [0.25, 0.3) is 22.2 Å². The molecule has 143 valence electrons. The molecule has 0 spiro atoms. The zero-order valence-corrected chi connectivity index (χ0v) is 17.4. The molecule has 1 N–H and O–H groups in total. The molecule has 1 aromatic heterocycles. The smallest absolute Gasteiger partial charge is 0.155 e. The molecule has 1 heterocycles. The number of hydrogen-bond acceptors (Lipinski definition) is 3. The van der Waals surface area contributed by atoms with Crippen LogP contribution < -0.4 is 0 Å². The van der Waals surface area contributed by atoms with Crippen molar-refractivity contribution in [3.05, 3.63) is 77.6 Å². The van der Waals surface area contributed by atoms with Crippen LogP contribution in [0.5, 0.6) is 0 Å². The van der Waals surface area contributed by atoms with Crippen LogP contribution in [0.15, 0.2) is 54.3 Å². The van der Waals surface area contributed by atoms with E-state index < -0.39 is 11.6 Å². The molecule has 0 bridgehead atoms. The van der Waals surface area contributed by atoms with Gasteiger partial charge >= 0.3 is 0 Å². The second-order valence-electron chi connectivity index (χ2n) is 5.83. The topological polar surface area (TPSA) is 50.2 Å². The van der Waals surface area contributed by atoms with E-state index >= 15 is 0 Å². The van der Waals surface area contributed by atoms with Crippen molar-refractivity contribution in [2.45, 2.75) is 20.8 Å². The number of aliphatic hydroxyl groups is 1. The van der Waals surface area contributed by atoms with Gasteiger partial charge in [-0.15, -0.1) is 35.4 Å². The van der Waals surface area contributed by atoms with Gasteiger partial charge in [0.1, 0.15) is 11.6 Å². The number of rotatable bonds is 2. The number of aryl methyl sites for hydroxylation is 1. The normalized spacial score (nSPS) is 10.6. The summed E-state index contributed by atoms with van der Waals surface area (Å²) in [5.41, 5.74) is 2.86. The molecule has 0 amide bonds. The van der Waals surface area contributed by atoms with Crippen LogP contribution in [0.2, 0.25) is 0 Å². The summed E-state index contributed by atoms with van der Waals surface area (Å²) in [5.74, 6) is -1.28. The van der Waals surface area contributed by atoms with Crippen molar-refractivity contribution in [2.75, 3.05) is 0 Å². The Labute approximate surface area is 170 Å². The second-order valence-corrected chi connectivity index (χ2v) is 5.83. The van der Waals surface area contributed by atoms with E-state index in [1.54, 1.807) is 12.1 Å². The Hall–Kier alpha value is -2.43. The number of carbonyl (C=O) groups is 1. The van der Waals surface area contributed by atoms with Crippen molar-refractivity contribution in [1.29, 1.82) is 0 Å². The first kappa shape index (κ1) is 22.6. The minimum Gasteiger partial charge on any atom is -0.512 e. The first-order valence-corrected chi connectivity index (χ1v) is 7.88. The fourth-order valence-corrected chi connectivity index (χ4v) is 2.33. The monoisotopic (exact) mass is 547 g/mol. The first-order chi connectivity index (χ1) is 12.3. The Balaban J connectivity index is 0.000000395. The molecule has 0 saturated heterocycles. The number of pyridine rings is 1. The number of carbonyl (C=O) groups excluding carboxylic acids is 1. The van der Waals surface area contributed by atoms with E-state index in [9.17, 15) is 13.6 Å². The van der Waals surface area contributed by atoms with Crippen molar-refractivity contribution in [3.63, 3.8) is 0 Å². The Morgan fingerprint density at radius 3 is 2.41 bits per heavy atom. The van der Waals surface area contributed by atoms with Crippen LogP contribution in [0.4, 0.5) is 8.78 Å². The number of benzene rings is 2. The first-order valence-electron chi connectivity index (χ1n) is 7.88. The summed E-state index contributed by atoms with van der Waals surface area (Å²) in [4.78, 5) is 14.3. The maximum atomic E-state index is 13.6. The van der Waals surface area contributed by atoms with Crippen molar-refractivity contribution in [3.8, 4) is 11.3 Å². The predicted octanol–water partition coefficient (Wildman–Crippen LogP) is 5.32. The number of hydrogen-bond donors (Lipinski definition) is 1. The molecule has 0 saturated carbocycles. The number of aromatic nitrogens is 1. The van der Waals surface area contributed by atoms with Gasteiger partial charge in [-0.2, -0.15) is 0 Å². The van der Waals surface area contributed by atoms with Crippen molar-refractivity contribution < 1.29 is 38.8 Å². The maximum absolute atomic E-state index is 13.6. The van der Waals surface area contributed by atoms with Crippen LogP contribution >= 0.6 is 0 Å². The Morgan fingerprint density at radius 2 is 1.85 bits per heavy atom. The van der Waals surface area contributed by atoms with E-state index in [2.05, 4.69) is 11.1 Å². The third kappa shape index (κ3) is 6.66. The average Bonchev–Trinajstić information content (AvgIpc) is 2.53. The number of fused-ring (bicyclic) bond motifs is 1. The minimum absolute atomic E-state index is 0. The van der Waals surface area contributed by atoms with Gasteiger partial charge in [-0.25, -0.2) is 8.78 Å². The van der Waals surface area contributed by atoms with E-state index in [0.29, 0.717) is 16.6 Å². The molecule has 0 aliphatic heterocycles. The number of aliphatic hydroxyl groups excluding tert-OH is 1. The van der Waals surface area contributed by atoms with E-state index in [1.807, 2.05) is 25.1 Å². The molecule has 0 fully saturated rings. The Kier molecular flexibility index (Phi) is 8.41. The summed E-state index contributed by atoms with van der Waals surface area (Å²) in [7, 11) is 0. The van der Waals surface area contributed by atoms with Gasteiger partial charge in [-0.05, 0) is 25.6 Å². The molecule has 27 heavy (non-hydrogen) atoms. The zero-order valence-electron chi connectivity index (χ0n) is 15.0. The maximum Gasteiger partial charge on any atom is 0.155 e. The van der Waals surface area contributed by atoms with E-state index in [-0.39, 0.29) is 31.6 Å². The summed E-state index contributed by atoms with van der Waals surface area (Å²) < 4.78 is 26.8. The van der Waals surface area contributed by atoms with Gasteiger partial charge in [0.25, 0.3) is 0 Å². The molecule has 0 aliphatic carbocycles. The minimum atomic E-state index is -0.622. The van der Waals surface area contributed by atoms with Crippen LogP contribution in [-0.2, 0) is 24.9 Å². The molecule has 6 heteroatoms. The Bertz CT molecular complexity index is 983. The summed E-state index contributed by atoms with van der Waals surface area (Å²) in [6.07, 6.45) is 1.17. The van der Waals surface area contributed by atoms with E-state index in [0.717, 1.165) is 17.2 Å². The third-order valence-electron chi connectivity index (χ3n) is 3.37. The van der Waals surface area contributed by atoms with Crippen LogP contribution in [0, 0.1) is 24.6 Å². The fourth-order valence-electron chi connectivity index (χ4n) is 2.33. The van der Waals surface area contributed by atoms with E-state index in [4.69, 9.17) is 5.11 Å². The van der Waals surface area contributed by atoms with Crippen LogP contribution in [0.3, 0.4) is 0 Å². The standard InChI is InChI=1S/C16H10F2N.C5H8O2.Ir/c1-10-3-2-4-11(7-10)15-6-5-13-14(18)8-12(17)9-16(13)19-15;1-4(6)3-5(2)7;/h2-3,5-9H,1H3;3,6H,1-2H3;/q-1;;/b;4-3-;. The third-order valence-corrected chi connectivity index (χ3v) is 3.37. The molecule has 0 unspecified atom stereocenters. The molecular weight excluding hydrogens is 528 g/mol. The second kappa shape index (κ2) is 10.0. The molecule has 3 nitrogen and oxygen atoms in total. The van der Waals surface area contributed by atoms with Gasteiger partial charge in [-0.3, -0.25) is 9.78 Å². The molecule has 2 aromatic carbocycles. The van der Waals surface area contributed by atoms with Gasteiger partial charge in [0.15, 0.2) is 5.78 Å². The zero-order chi connectivity index (χ0) is 19.3. The van der Waals surface area contributed by atoms with Gasteiger partial charge in [-0.1, -0.05) is 19.1 Å². The van der Waals surface area contributed by atoms with Crippen molar-refractivity contribution >= 4 is 16.7 Å². The summed E-state index contributed by atoms with van der Waals surface area (Å²) >= 11 is 0.